The van der Waals surface area contributed by atoms with Gasteiger partial charge >= 0.3 is 0 Å². The van der Waals surface area contributed by atoms with E-state index in [1.54, 1.807) is 0 Å². The maximum absolute atomic E-state index is 4.20. The highest BCUT2D eigenvalue weighted by atomic mass is 14.6. The molecule has 1 heteroatoms. The molecule has 97 valence electrons. The van der Waals surface area contributed by atoms with E-state index in [4.69, 9.17) is 0 Å². The maximum atomic E-state index is 4.20. The number of hydrogen-bond acceptors (Lipinski definition) is 1. The fraction of sp³-hybridized carbons (Fsp3) is 0.222. The summed E-state index contributed by atoms with van der Waals surface area (Å²) < 4.78 is 0. The summed E-state index contributed by atoms with van der Waals surface area (Å²) in [5.41, 5.74) is 2.58. The molecule has 0 amide bonds. The van der Waals surface area contributed by atoms with Crippen LogP contribution in [0.25, 0.3) is 0 Å². The second-order valence-electron chi connectivity index (χ2n) is 4.61. The molecule has 2 rings (SSSR count). The fourth-order valence-electron chi connectivity index (χ4n) is 2.10. The molecular weight excluding hydrogens is 230 g/mol. The highest BCUT2D eigenvalue weighted by Gasteiger charge is 2.07. The van der Waals surface area contributed by atoms with E-state index in [2.05, 4.69) is 60.5 Å². The minimum atomic E-state index is 0.980. The average molecular weight is 250 g/mol. The third-order valence-corrected chi connectivity index (χ3v) is 3.07. The van der Waals surface area contributed by atoms with Crippen molar-refractivity contribution >= 4 is 0 Å². The summed E-state index contributed by atoms with van der Waals surface area (Å²) in [4.78, 5) is 4.20. The van der Waals surface area contributed by atoms with Gasteiger partial charge in [-0.3, -0.25) is 4.98 Å². The lowest BCUT2D eigenvalue weighted by atomic mass is 9.95. The van der Waals surface area contributed by atoms with Crippen molar-refractivity contribution < 1.29 is 0 Å². The van der Waals surface area contributed by atoms with Crippen LogP contribution in [-0.4, -0.2) is 4.98 Å². The Morgan fingerprint density at radius 3 is 2.63 bits per heavy atom. The Labute approximate surface area is 116 Å². The summed E-state index contributed by atoms with van der Waals surface area (Å²) in [5.74, 6) is 1.37. The van der Waals surface area contributed by atoms with E-state index in [0.29, 0.717) is 0 Å². The first kappa shape index (κ1) is 13.5. The Morgan fingerprint density at radius 1 is 1.11 bits per heavy atom. The number of allylic oxidation sites excluding steroid dienone is 2. The Bertz CT molecular complexity index is 488. The molecule has 19 heavy (non-hydrogen) atoms. The van der Waals surface area contributed by atoms with Gasteiger partial charge in [-0.15, -0.1) is 0 Å². The van der Waals surface area contributed by atoms with Crippen molar-refractivity contribution in [2.75, 3.05) is 0 Å². The lowest BCUT2D eigenvalue weighted by Crippen LogP contribution is -1.96. The molecule has 1 nitrogen and oxygen atoms in total. The van der Waals surface area contributed by atoms with Crippen LogP contribution in [0.2, 0.25) is 0 Å². The monoisotopic (exact) mass is 250 g/mol. The first-order valence-electron chi connectivity index (χ1n) is 6.87. The van der Waals surface area contributed by atoms with Crippen molar-refractivity contribution in [2.24, 2.45) is 0 Å². The summed E-state index contributed by atoms with van der Waals surface area (Å²) in [7, 11) is 0. The van der Waals surface area contributed by atoms with E-state index >= 15 is 0 Å². The van der Waals surface area contributed by atoms with Gasteiger partial charge in [-0.1, -0.05) is 61.9 Å². The van der Waals surface area contributed by atoms with Crippen molar-refractivity contribution in [3.63, 3.8) is 0 Å². The lowest BCUT2D eigenvalue weighted by molar-refractivity contribution is 0.857. The number of rotatable bonds is 6. The number of nitrogens with zero attached hydrogens (tertiary/aromatic N) is 1. The van der Waals surface area contributed by atoms with Gasteiger partial charge in [0, 0.05) is 18.3 Å². The first-order valence-corrected chi connectivity index (χ1v) is 6.87. The third kappa shape index (κ3) is 4.36. The standard InChI is InChI=1S/C18H20N/c1-2-8-17(18-13-7-14-19-15-18)12-6-11-16-9-4-3-5-10-16/h3-7,9-10,12-15H,2,8,11H2,1H3. The number of benzene rings is 1. The van der Waals surface area contributed by atoms with E-state index < -0.39 is 0 Å². The molecule has 0 aliphatic rings. The fourth-order valence-corrected chi connectivity index (χ4v) is 2.10. The van der Waals surface area contributed by atoms with Crippen molar-refractivity contribution in [3.8, 4) is 0 Å². The highest BCUT2D eigenvalue weighted by Crippen LogP contribution is 2.20. The van der Waals surface area contributed by atoms with E-state index in [1.165, 1.54) is 17.0 Å². The summed E-state index contributed by atoms with van der Waals surface area (Å²) in [6.07, 6.45) is 11.5. The van der Waals surface area contributed by atoms with Crippen molar-refractivity contribution in [3.05, 3.63) is 84.1 Å². The number of aromatic nitrogens is 1. The predicted octanol–water partition coefficient (Wildman–Crippen LogP) is 4.60. The van der Waals surface area contributed by atoms with Gasteiger partial charge in [-0.2, -0.15) is 0 Å². The van der Waals surface area contributed by atoms with E-state index in [-0.39, 0.29) is 0 Å². The maximum Gasteiger partial charge on any atom is 0.0309 e. The normalized spacial score (nSPS) is 11.3. The lowest BCUT2D eigenvalue weighted by Gasteiger charge is -2.10. The zero-order valence-corrected chi connectivity index (χ0v) is 11.4. The Kier molecular flexibility index (Phi) is 5.36. The van der Waals surface area contributed by atoms with Crippen LogP contribution >= 0.6 is 0 Å². The Morgan fingerprint density at radius 2 is 1.95 bits per heavy atom. The second-order valence-corrected chi connectivity index (χ2v) is 4.61. The van der Waals surface area contributed by atoms with E-state index in [1.807, 2.05) is 18.5 Å². The molecule has 0 aliphatic heterocycles. The summed E-state index contributed by atoms with van der Waals surface area (Å²) in [6.45, 7) is 2.21. The van der Waals surface area contributed by atoms with Crippen LogP contribution in [0, 0.1) is 5.92 Å². The van der Waals surface area contributed by atoms with Crippen molar-refractivity contribution in [1.82, 2.24) is 4.98 Å². The zero-order chi connectivity index (χ0) is 13.3. The minimum Gasteiger partial charge on any atom is -0.264 e. The highest BCUT2D eigenvalue weighted by molar-refractivity contribution is 5.35. The Balaban J connectivity index is 2.01. The van der Waals surface area contributed by atoms with Crippen LogP contribution in [-0.2, 0) is 6.42 Å². The zero-order valence-electron chi connectivity index (χ0n) is 11.4. The van der Waals surface area contributed by atoms with Gasteiger partial charge in [0.25, 0.3) is 0 Å². The third-order valence-electron chi connectivity index (χ3n) is 3.07. The van der Waals surface area contributed by atoms with Gasteiger partial charge < -0.3 is 0 Å². The van der Waals surface area contributed by atoms with Crippen molar-refractivity contribution in [1.29, 1.82) is 0 Å². The quantitative estimate of drug-likeness (QED) is 0.730. The molecule has 0 N–H and O–H groups in total. The van der Waals surface area contributed by atoms with Gasteiger partial charge in [-0.25, -0.2) is 0 Å². The van der Waals surface area contributed by atoms with Gasteiger partial charge in [0.1, 0.15) is 0 Å². The minimum absolute atomic E-state index is 0.980. The van der Waals surface area contributed by atoms with E-state index in [9.17, 15) is 0 Å². The smallest absolute Gasteiger partial charge is 0.0309 e. The molecule has 0 saturated heterocycles. The molecule has 0 unspecified atom stereocenters. The summed E-state index contributed by atoms with van der Waals surface area (Å²) in [5, 5.41) is 0. The van der Waals surface area contributed by atoms with Crippen molar-refractivity contribution in [2.45, 2.75) is 26.2 Å². The molecular formula is C18H20N. The molecule has 1 aromatic heterocycles. The topological polar surface area (TPSA) is 12.9 Å². The van der Waals surface area contributed by atoms with E-state index in [0.717, 1.165) is 19.3 Å². The van der Waals surface area contributed by atoms with Crippen LogP contribution in [0.5, 0.6) is 0 Å². The van der Waals surface area contributed by atoms with Gasteiger partial charge in [-0.05, 0) is 30.0 Å². The SMILES string of the molecule is CCC[C](C=CCc1ccccc1)c1cccnc1. The summed E-state index contributed by atoms with van der Waals surface area (Å²) >= 11 is 0. The predicted molar refractivity (Wildman–Crippen MR) is 80.8 cm³/mol. The number of pyridine rings is 1. The molecule has 2 aromatic rings. The van der Waals surface area contributed by atoms with Gasteiger partial charge in [0.05, 0.1) is 0 Å². The molecule has 0 atom stereocenters. The molecule has 0 spiro atoms. The van der Waals surface area contributed by atoms with Gasteiger partial charge in [0.2, 0.25) is 0 Å². The average Bonchev–Trinajstić information content (AvgIpc) is 2.48. The van der Waals surface area contributed by atoms with Crippen LogP contribution in [0.15, 0.2) is 67.0 Å². The largest absolute Gasteiger partial charge is 0.264 e. The first-order chi connectivity index (χ1) is 9.40. The number of hydrogen-bond donors (Lipinski definition) is 0. The molecule has 0 aliphatic carbocycles. The van der Waals surface area contributed by atoms with Gasteiger partial charge in [0.15, 0.2) is 0 Å². The molecule has 1 radical (unpaired) electrons. The van der Waals surface area contributed by atoms with Crippen LogP contribution < -0.4 is 0 Å². The van der Waals surface area contributed by atoms with Crippen LogP contribution in [0.1, 0.15) is 30.9 Å². The second kappa shape index (κ2) is 7.52. The molecule has 1 aromatic carbocycles. The molecule has 1 heterocycles. The Hall–Kier alpha value is -1.89. The molecule has 0 bridgehead atoms. The van der Waals surface area contributed by atoms with Crippen LogP contribution in [0.4, 0.5) is 0 Å². The molecule has 0 fully saturated rings. The van der Waals surface area contributed by atoms with Crippen LogP contribution in [0.3, 0.4) is 0 Å². The molecule has 0 saturated carbocycles. The summed E-state index contributed by atoms with van der Waals surface area (Å²) in [6, 6.07) is 14.7.